The van der Waals surface area contributed by atoms with E-state index < -0.39 is 0 Å². The maximum atomic E-state index is 12.0. The monoisotopic (exact) mass is 273 g/mol. The van der Waals surface area contributed by atoms with E-state index in [1.807, 2.05) is 12.3 Å². The van der Waals surface area contributed by atoms with Crippen LogP contribution in [0.25, 0.3) is 0 Å². The van der Waals surface area contributed by atoms with Crippen molar-refractivity contribution in [3.8, 4) is 0 Å². The smallest absolute Gasteiger partial charge is 0.144 e. The molecule has 0 amide bonds. The van der Waals surface area contributed by atoms with Gasteiger partial charge in [0.25, 0.3) is 0 Å². The molecule has 3 heteroatoms. The van der Waals surface area contributed by atoms with Crippen molar-refractivity contribution in [1.29, 1.82) is 0 Å². The predicted octanol–water partition coefficient (Wildman–Crippen LogP) is 3.93. The summed E-state index contributed by atoms with van der Waals surface area (Å²) in [5.74, 6) is 0.759. The van der Waals surface area contributed by atoms with Crippen molar-refractivity contribution in [2.75, 3.05) is 0 Å². The summed E-state index contributed by atoms with van der Waals surface area (Å²) in [7, 11) is 0. The molecule has 0 bridgehead atoms. The third-order valence-corrected chi connectivity index (χ3v) is 4.03. The summed E-state index contributed by atoms with van der Waals surface area (Å²) in [6, 6.07) is 8.34. The lowest BCUT2D eigenvalue weighted by molar-refractivity contribution is -0.117. The Morgan fingerprint density at radius 3 is 2.42 bits per heavy atom. The molecule has 100 valence electrons. The normalized spacial score (nSPS) is 10.9. The van der Waals surface area contributed by atoms with Crippen molar-refractivity contribution in [2.45, 2.75) is 39.5 Å². The summed E-state index contributed by atoms with van der Waals surface area (Å²) in [5, 5.41) is 2.90. The van der Waals surface area contributed by atoms with Gasteiger partial charge < -0.3 is 0 Å². The molecule has 2 nitrogen and oxygen atoms in total. The molecule has 1 aromatic carbocycles. The molecule has 0 saturated heterocycles. The van der Waals surface area contributed by atoms with E-state index in [1.165, 1.54) is 5.56 Å². The number of thiazole rings is 1. The average molecular weight is 273 g/mol. The highest BCUT2D eigenvalue weighted by molar-refractivity contribution is 7.09. The third-order valence-electron chi connectivity index (χ3n) is 3.06. The van der Waals surface area contributed by atoms with Crippen LogP contribution in [0.2, 0.25) is 0 Å². The van der Waals surface area contributed by atoms with E-state index in [2.05, 4.69) is 43.1 Å². The number of benzene rings is 1. The van der Waals surface area contributed by atoms with Crippen LogP contribution in [0.1, 0.15) is 41.6 Å². The molecule has 0 N–H and O–H groups in total. The summed E-state index contributed by atoms with van der Waals surface area (Å²) in [5.41, 5.74) is 3.39. The molecule has 1 aromatic heterocycles. The van der Waals surface area contributed by atoms with E-state index in [4.69, 9.17) is 0 Å². The number of hydrogen-bond donors (Lipinski definition) is 0. The Labute approximate surface area is 118 Å². The van der Waals surface area contributed by atoms with Gasteiger partial charge in [-0.25, -0.2) is 4.98 Å². The lowest BCUT2D eigenvalue weighted by atomic mass is 9.99. The topological polar surface area (TPSA) is 30.0 Å². The summed E-state index contributed by atoms with van der Waals surface area (Å²) >= 11 is 1.56. The van der Waals surface area contributed by atoms with E-state index >= 15 is 0 Å². The summed E-state index contributed by atoms with van der Waals surface area (Å²) in [6.07, 6.45) is 0.946. The molecule has 0 radical (unpaired) electrons. The van der Waals surface area contributed by atoms with Gasteiger partial charge in [0.2, 0.25) is 0 Å². The van der Waals surface area contributed by atoms with E-state index in [0.717, 1.165) is 16.3 Å². The molecule has 1 heterocycles. The minimum atomic E-state index is 0.228. The van der Waals surface area contributed by atoms with Gasteiger partial charge in [-0.05, 0) is 24.0 Å². The zero-order valence-electron chi connectivity index (χ0n) is 11.6. The van der Waals surface area contributed by atoms with Crippen LogP contribution in [0, 0.1) is 6.92 Å². The van der Waals surface area contributed by atoms with Crippen molar-refractivity contribution in [2.24, 2.45) is 0 Å². The molecule has 0 aliphatic rings. The first-order valence-corrected chi connectivity index (χ1v) is 7.44. The van der Waals surface area contributed by atoms with Crippen LogP contribution < -0.4 is 0 Å². The Kier molecular flexibility index (Phi) is 4.48. The second kappa shape index (κ2) is 6.11. The minimum Gasteiger partial charge on any atom is -0.299 e. The first kappa shape index (κ1) is 13.9. The highest BCUT2D eigenvalue weighted by Crippen LogP contribution is 2.16. The Morgan fingerprint density at radius 2 is 1.89 bits per heavy atom. The highest BCUT2D eigenvalue weighted by atomic mass is 32.1. The van der Waals surface area contributed by atoms with Crippen molar-refractivity contribution in [1.82, 2.24) is 4.98 Å². The van der Waals surface area contributed by atoms with Crippen LogP contribution >= 0.6 is 11.3 Å². The molecule has 2 aromatic rings. The summed E-state index contributed by atoms with van der Waals surface area (Å²) < 4.78 is 0. The maximum Gasteiger partial charge on any atom is 0.144 e. The van der Waals surface area contributed by atoms with E-state index in [1.54, 1.807) is 11.3 Å². The molecule has 0 aliphatic heterocycles. The van der Waals surface area contributed by atoms with Gasteiger partial charge in [-0.3, -0.25) is 4.79 Å². The van der Waals surface area contributed by atoms with Crippen LogP contribution in [0.3, 0.4) is 0 Å². The first-order valence-electron chi connectivity index (χ1n) is 6.56. The zero-order valence-corrected chi connectivity index (χ0v) is 12.5. The minimum absolute atomic E-state index is 0.228. The Balaban J connectivity index is 1.95. The van der Waals surface area contributed by atoms with Crippen LogP contribution in [-0.2, 0) is 17.6 Å². The van der Waals surface area contributed by atoms with Crippen molar-refractivity contribution < 1.29 is 4.79 Å². The van der Waals surface area contributed by atoms with Crippen LogP contribution in [0.15, 0.2) is 29.6 Å². The molecule has 0 aliphatic carbocycles. The fraction of sp³-hybridized carbons (Fsp3) is 0.375. The fourth-order valence-electron chi connectivity index (χ4n) is 1.96. The van der Waals surface area contributed by atoms with E-state index in [9.17, 15) is 4.79 Å². The molecule has 19 heavy (non-hydrogen) atoms. The van der Waals surface area contributed by atoms with Gasteiger partial charge in [0, 0.05) is 17.5 Å². The highest BCUT2D eigenvalue weighted by Gasteiger charge is 2.08. The number of Topliss-reactive ketones (excluding diaryl/α,β-unsaturated/α-hetero) is 1. The molecule has 0 fully saturated rings. The number of hydrogen-bond acceptors (Lipinski definition) is 3. The quantitative estimate of drug-likeness (QED) is 0.826. The van der Waals surface area contributed by atoms with Crippen molar-refractivity contribution in [3.05, 3.63) is 51.5 Å². The molecular weight excluding hydrogens is 254 g/mol. The largest absolute Gasteiger partial charge is 0.299 e. The second-order valence-corrected chi connectivity index (χ2v) is 6.11. The number of carbonyl (C=O) groups is 1. The van der Waals surface area contributed by atoms with Crippen LogP contribution in [0.4, 0.5) is 0 Å². The summed E-state index contributed by atoms with van der Waals surface area (Å²) in [4.78, 5) is 16.3. The number of aromatic nitrogens is 1. The van der Waals surface area contributed by atoms with Crippen LogP contribution in [-0.4, -0.2) is 10.8 Å². The Bertz CT molecular complexity index is 554. The van der Waals surface area contributed by atoms with Gasteiger partial charge in [-0.1, -0.05) is 38.1 Å². The van der Waals surface area contributed by atoms with Gasteiger partial charge >= 0.3 is 0 Å². The van der Waals surface area contributed by atoms with E-state index in [-0.39, 0.29) is 5.78 Å². The molecular formula is C16H19NOS. The Hall–Kier alpha value is -1.48. The molecule has 0 atom stereocenters. The van der Waals surface area contributed by atoms with Gasteiger partial charge in [0.1, 0.15) is 10.8 Å². The van der Waals surface area contributed by atoms with E-state index in [0.29, 0.717) is 18.8 Å². The molecule has 2 rings (SSSR count). The predicted molar refractivity (Wildman–Crippen MR) is 79.8 cm³/mol. The van der Waals surface area contributed by atoms with Gasteiger partial charge in [0.15, 0.2) is 0 Å². The summed E-state index contributed by atoms with van der Waals surface area (Å²) in [6.45, 7) is 6.30. The average Bonchev–Trinajstić information content (AvgIpc) is 2.75. The number of rotatable bonds is 5. The maximum absolute atomic E-state index is 12.0. The van der Waals surface area contributed by atoms with Crippen molar-refractivity contribution >= 4 is 17.1 Å². The number of nitrogens with zero attached hydrogens (tertiary/aromatic N) is 1. The second-order valence-electron chi connectivity index (χ2n) is 5.17. The zero-order chi connectivity index (χ0) is 13.8. The van der Waals surface area contributed by atoms with Gasteiger partial charge in [-0.15, -0.1) is 11.3 Å². The lowest BCUT2D eigenvalue weighted by Gasteiger charge is -2.06. The number of ketones is 1. The molecule has 0 spiro atoms. The van der Waals surface area contributed by atoms with Crippen molar-refractivity contribution in [3.63, 3.8) is 0 Å². The Morgan fingerprint density at radius 1 is 1.21 bits per heavy atom. The first-order chi connectivity index (χ1) is 9.04. The number of aryl methyl sites for hydroxylation is 1. The standard InChI is InChI=1S/C16H19NOS/c1-11(2)14-6-4-13(5-7-14)8-15(18)9-16-17-12(3)10-19-16/h4-7,10-11H,8-9H2,1-3H3. The van der Waals surface area contributed by atoms with Gasteiger partial charge in [0.05, 0.1) is 6.42 Å². The fourth-order valence-corrected chi connectivity index (χ4v) is 2.76. The lowest BCUT2D eigenvalue weighted by Crippen LogP contribution is -2.06. The van der Waals surface area contributed by atoms with Gasteiger partial charge in [-0.2, -0.15) is 0 Å². The van der Waals surface area contributed by atoms with Crippen LogP contribution in [0.5, 0.6) is 0 Å². The SMILES string of the molecule is Cc1csc(CC(=O)Cc2ccc(C(C)C)cc2)n1. The number of carbonyl (C=O) groups excluding carboxylic acids is 1. The third kappa shape index (κ3) is 4.00. The molecule has 0 saturated carbocycles. The molecule has 0 unspecified atom stereocenters.